The molecular formula is C15H24N2O4S. The van der Waals surface area contributed by atoms with Crippen molar-refractivity contribution in [2.75, 3.05) is 26.0 Å². The Balaban J connectivity index is 2.56. The fourth-order valence-electron chi connectivity index (χ4n) is 1.98. The first-order chi connectivity index (χ1) is 10.4. The predicted octanol–water partition coefficient (Wildman–Crippen LogP) is 1.37. The van der Waals surface area contributed by atoms with Gasteiger partial charge in [0.1, 0.15) is 5.75 Å². The summed E-state index contributed by atoms with van der Waals surface area (Å²) in [4.78, 5) is 13.3. The third-order valence-corrected chi connectivity index (χ3v) is 4.74. The van der Waals surface area contributed by atoms with Gasteiger partial charge in [-0.25, -0.2) is 13.1 Å². The van der Waals surface area contributed by atoms with Crippen molar-refractivity contribution in [3.8, 4) is 5.75 Å². The number of hydrogen-bond donors (Lipinski definition) is 1. The van der Waals surface area contributed by atoms with Gasteiger partial charge in [0, 0.05) is 26.6 Å². The molecule has 0 bridgehead atoms. The Morgan fingerprint density at radius 1 is 1.27 bits per heavy atom. The Morgan fingerprint density at radius 2 is 1.91 bits per heavy atom. The Labute approximate surface area is 132 Å². The maximum absolute atomic E-state index is 11.7. The molecule has 1 aromatic rings. The number of carbonyl (C=O) groups excluding carboxylic acids is 1. The molecule has 0 radical (unpaired) electrons. The summed E-state index contributed by atoms with van der Waals surface area (Å²) in [6.07, 6.45) is 0.567. The van der Waals surface area contributed by atoms with E-state index in [0.717, 1.165) is 11.3 Å². The molecule has 0 spiro atoms. The lowest BCUT2D eigenvalue weighted by Gasteiger charge is -2.21. The average Bonchev–Trinajstić information content (AvgIpc) is 2.46. The molecule has 1 amide bonds. The third kappa shape index (κ3) is 6.44. The highest BCUT2D eigenvalue weighted by Crippen LogP contribution is 2.13. The van der Waals surface area contributed by atoms with Crippen molar-refractivity contribution in [2.24, 2.45) is 0 Å². The van der Waals surface area contributed by atoms with Crippen LogP contribution in [0.15, 0.2) is 24.3 Å². The normalized spacial score (nSPS) is 11.2. The van der Waals surface area contributed by atoms with Crippen LogP contribution in [0, 0.1) is 0 Å². The Bertz CT molecular complexity index is 570. The maximum atomic E-state index is 11.7. The summed E-state index contributed by atoms with van der Waals surface area (Å²) in [6, 6.07) is 7.43. The van der Waals surface area contributed by atoms with Crippen LogP contribution < -0.4 is 9.46 Å². The lowest BCUT2D eigenvalue weighted by molar-refractivity contribution is -0.129. The number of hydrogen-bond acceptors (Lipinski definition) is 4. The van der Waals surface area contributed by atoms with Crippen LogP contribution in [-0.2, 0) is 21.4 Å². The number of nitrogens with one attached hydrogen (secondary N) is 1. The molecule has 124 valence electrons. The number of carbonyl (C=O) groups is 1. The number of rotatable bonds is 9. The van der Waals surface area contributed by atoms with Crippen LogP contribution in [0.5, 0.6) is 5.75 Å². The van der Waals surface area contributed by atoms with E-state index in [0.29, 0.717) is 19.5 Å². The molecular weight excluding hydrogens is 304 g/mol. The summed E-state index contributed by atoms with van der Waals surface area (Å²) < 4.78 is 30.8. The largest absolute Gasteiger partial charge is 0.497 e. The quantitative estimate of drug-likeness (QED) is 0.743. The summed E-state index contributed by atoms with van der Waals surface area (Å²) in [5, 5.41) is 0. The van der Waals surface area contributed by atoms with Gasteiger partial charge in [0.2, 0.25) is 15.9 Å². The second-order valence-corrected chi connectivity index (χ2v) is 6.93. The van der Waals surface area contributed by atoms with E-state index in [1.165, 1.54) is 6.92 Å². The molecule has 0 unspecified atom stereocenters. The number of benzene rings is 1. The summed E-state index contributed by atoms with van der Waals surface area (Å²) in [5.41, 5.74) is 0.965. The van der Waals surface area contributed by atoms with Crippen molar-refractivity contribution in [3.05, 3.63) is 29.8 Å². The first-order valence-electron chi connectivity index (χ1n) is 7.23. The highest BCUT2D eigenvalue weighted by Gasteiger charge is 2.12. The van der Waals surface area contributed by atoms with E-state index in [4.69, 9.17) is 4.74 Å². The van der Waals surface area contributed by atoms with Crippen LogP contribution >= 0.6 is 0 Å². The lowest BCUT2D eigenvalue weighted by Crippen LogP contribution is -2.37. The van der Waals surface area contributed by atoms with Crippen LogP contribution in [0.25, 0.3) is 0 Å². The van der Waals surface area contributed by atoms with E-state index in [2.05, 4.69) is 4.72 Å². The van der Waals surface area contributed by atoms with E-state index in [-0.39, 0.29) is 18.2 Å². The molecule has 1 rings (SSSR count). The highest BCUT2D eigenvalue weighted by atomic mass is 32.2. The molecule has 0 fully saturated rings. The molecule has 7 heteroatoms. The molecule has 0 aliphatic rings. The first-order valence-corrected chi connectivity index (χ1v) is 8.89. The minimum Gasteiger partial charge on any atom is -0.497 e. The molecule has 0 aliphatic carbocycles. The van der Waals surface area contributed by atoms with Crippen LogP contribution in [-0.4, -0.2) is 45.2 Å². The van der Waals surface area contributed by atoms with Gasteiger partial charge in [-0.15, -0.1) is 0 Å². The molecule has 0 atom stereocenters. The standard InChI is InChI=1S/C15H24N2O4S/c1-4-11-22(19,20)16-9-10-17(13(2)18)12-14-5-7-15(21-3)8-6-14/h5-8,16H,4,9-12H2,1-3H3. The smallest absolute Gasteiger partial charge is 0.219 e. The van der Waals surface area contributed by atoms with Crippen molar-refractivity contribution in [1.82, 2.24) is 9.62 Å². The van der Waals surface area contributed by atoms with Gasteiger partial charge in [-0.05, 0) is 24.1 Å². The minimum atomic E-state index is -3.24. The van der Waals surface area contributed by atoms with Gasteiger partial charge in [0.25, 0.3) is 0 Å². The third-order valence-electron chi connectivity index (χ3n) is 3.15. The van der Waals surface area contributed by atoms with Crippen molar-refractivity contribution in [3.63, 3.8) is 0 Å². The van der Waals surface area contributed by atoms with Gasteiger partial charge in [0.15, 0.2) is 0 Å². The number of sulfonamides is 1. The monoisotopic (exact) mass is 328 g/mol. The maximum Gasteiger partial charge on any atom is 0.219 e. The van der Waals surface area contributed by atoms with Gasteiger partial charge in [-0.1, -0.05) is 19.1 Å². The van der Waals surface area contributed by atoms with Crippen molar-refractivity contribution >= 4 is 15.9 Å². The minimum absolute atomic E-state index is 0.0921. The second kappa shape index (κ2) is 8.75. The number of methoxy groups -OCH3 is 1. The zero-order valence-electron chi connectivity index (χ0n) is 13.3. The SMILES string of the molecule is CCCS(=O)(=O)NCCN(Cc1ccc(OC)cc1)C(C)=O. The van der Waals surface area contributed by atoms with Gasteiger partial charge >= 0.3 is 0 Å². The Hall–Kier alpha value is -1.60. The molecule has 0 aromatic heterocycles. The number of amides is 1. The Morgan fingerprint density at radius 3 is 2.41 bits per heavy atom. The van der Waals surface area contributed by atoms with Crippen molar-refractivity contribution in [2.45, 2.75) is 26.8 Å². The Kier molecular flexibility index (Phi) is 7.34. The predicted molar refractivity (Wildman–Crippen MR) is 86.2 cm³/mol. The van der Waals surface area contributed by atoms with Crippen molar-refractivity contribution in [1.29, 1.82) is 0 Å². The summed E-state index contributed by atoms with van der Waals surface area (Å²) in [5.74, 6) is 0.766. The molecule has 1 aromatic carbocycles. The van der Waals surface area contributed by atoms with Crippen LogP contribution in [0.2, 0.25) is 0 Å². The highest BCUT2D eigenvalue weighted by molar-refractivity contribution is 7.89. The number of nitrogens with zero attached hydrogens (tertiary/aromatic N) is 1. The van der Waals surface area contributed by atoms with Crippen LogP contribution in [0.4, 0.5) is 0 Å². The molecule has 0 aliphatic heterocycles. The molecule has 0 saturated heterocycles. The average molecular weight is 328 g/mol. The van der Waals surface area contributed by atoms with E-state index >= 15 is 0 Å². The van der Waals surface area contributed by atoms with Crippen LogP contribution in [0.1, 0.15) is 25.8 Å². The molecule has 22 heavy (non-hydrogen) atoms. The van der Waals surface area contributed by atoms with Gasteiger partial charge in [-0.3, -0.25) is 4.79 Å². The molecule has 0 heterocycles. The van der Waals surface area contributed by atoms with E-state index in [1.807, 2.05) is 31.2 Å². The summed E-state index contributed by atoms with van der Waals surface area (Å²) >= 11 is 0. The summed E-state index contributed by atoms with van der Waals surface area (Å²) in [6.45, 7) is 4.28. The zero-order chi connectivity index (χ0) is 16.6. The zero-order valence-corrected chi connectivity index (χ0v) is 14.1. The first kappa shape index (κ1) is 18.4. The molecule has 6 nitrogen and oxygen atoms in total. The van der Waals surface area contributed by atoms with E-state index in [9.17, 15) is 13.2 Å². The molecule has 0 saturated carbocycles. The second-order valence-electron chi connectivity index (χ2n) is 5.00. The van der Waals surface area contributed by atoms with Gasteiger partial charge in [0.05, 0.1) is 12.9 Å². The summed E-state index contributed by atoms with van der Waals surface area (Å²) in [7, 11) is -1.64. The fraction of sp³-hybridized carbons (Fsp3) is 0.533. The van der Waals surface area contributed by atoms with Crippen LogP contribution in [0.3, 0.4) is 0 Å². The van der Waals surface area contributed by atoms with E-state index in [1.54, 1.807) is 12.0 Å². The topological polar surface area (TPSA) is 75.7 Å². The number of ether oxygens (including phenoxy) is 1. The van der Waals surface area contributed by atoms with Crippen molar-refractivity contribution < 1.29 is 17.9 Å². The lowest BCUT2D eigenvalue weighted by atomic mass is 10.2. The van der Waals surface area contributed by atoms with Gasteiger partial charge in [-0.2, -0.15) is 0 Å². The van der Waals surface area contributed by atoms with Gasteiger partial charge < -0.3 is 9.64 Å². The fourth-order valence-corrected chi connectivity index (χ4v) is 3.06. The van der Waals surface area contributed by atoms with E-state index < -0.39 is 10.0 Å². The molecule has 1 N–H and O–H groups in total.